The second kappa shape index (κ2) is 48.9. The van der Waals surface area contributed by atoms with Crippen LogP contribution in [0.25, 0.3) is 0 Å². The molecular formula is C101H98Cl3NO29. The third-order valence-corrected chi connectivity index (χ3v) is 22.1. The number of rotatable bonds is 39. The van der Waals surface area contributed by atoms with E-state index in [9.17, 15) is 19.5 Å². The average molecular weight is 1900 g/mol. The molecule has 0 radical (unpaired) electrons. The zero-order chi connectivity index (χ0) is 93.7. The lowest BCUT2D eigenvalue weighted by atomic mass is 9.94. The Labute approximate surface area is 787 Å². The maximum absolute atomic E-state index is 15.6. The molecule has 0 saturated carbocycles. The number of esters is 7. The number of carbonyl (C=O) groups excluding carboxylic acids is 8. The predicted octanol–water partition coefficient (Wildman–Crippen LogP) is 13.9. The molecule has 702 valence electrons. The van der Waals surface area contributed by atoms with Crippen LogP contribution in [0.4, 0.5) is 4.79 Å². The molecule has 4 saturated heterocycles. The van der Waals surface area contributed by atoms with Gasteiger partial charge in [0.05, 0.1) is 80.7 Å². The molecule has 4 aliphatic rings. The number of hydrogen-bond donors (Lipinski definition) is 2. The van der Waals surface area contributed by atoms with Gasteiger partial charge in [-0.25, -0.2) is 28.8 Å². The summed E-state index contributed by atoms with van der Waals surface area (Å²) in [5.74, 6) is -7.34. The lowest BCUT2D eigenvalue weighted by molar-refractivity contribution is -0.368. The van der Waals surface area contributed by atoms with E-state index in [1.807, 2.05) is 121 Å². The normalized spacial score (nSPS) is 25.0. The molecule has 134 heavy (non-hydrogen) atoms. The topological polar surface area (TPSA) is 353 Å². The Morgan fingerprint density at radius 2 is 0.612 bits per heavy atom. The zero-order valence-corrected chi connectivity index (χ0v) is 74.8. The maximum Gasteiger partial charge on any atom is 0.407 e. The number of carbonyl (C=O) groups is 8. The first-order valence-electron chi connectivity index (χ1n) is 43.1. The summed E-state index contributed by atoms with van der Waals surface area (Å²) >= 11 is 19.0. The lowest BCUT2D eigenvalue weighted by Crippen LogP contribution is -2.69. The van der Waals surface area contributed by atoms with Gasteiger partial charge in [-0.05, 0) is 88.5 Å². The molecule has 0 unspecified atom stereocenters. The Bertz CT molecular complexity index is 5370. The maximum atomic E-state index is 15.6. The highest BCUT2D eigenvalue weighted by Crippen LogP contribution is 2.41. The monoisotopic (exact) mass is 1890 g/mol. The summed E-state index contributed by atoms with van der Waals surface area (Å²) in [5, 5.41) is 14.6. The molecule has 4 heterocycles. The molecule has 0 spiro atoms. The van der Waals surface area contributed by atoms with E-state index in [0.717, 1.165) is 30.5 Å². The van der Waals surface area contributed by atoms with Crippen molar-refractivity contribution in [3.8, 4) is 0 Å². The van der Waals surface area contributed by atoms with E-state index in [1.165, 1.54) is 97.1 Å². The van der Waals surface area contributed by atoms with Gasteiger partial charge in [0, 0.05) is 13.8 Å². The standard InChI is InChI=1S/C101H98Cl3NO29/c1-63(106)123-86-83(76(125-96(113)88(86)124-64(2)107)59-116-54-66-35-15-4-16-36-66)134-99-90(132-95(112)74-51-31-12-32-52-74)87(131-94(111)73-49-29-11-30-50-73)82(129-92(109)71-45-25-9-26-46-71)78(128-99)61-121-97-79(105-100(114)122-62-101(102,103)104)84(130-93(110)72-47-27-10-28-48-72)81(77(126-97)60-120-91(108)70-43-23-8-24-44-70)133-98-89(119-57-69-41-21-7-22-42-69)85(118-56-68-39-19-6-20-40-68)80(117-55-67-37-17-5-18-38-67)75(127-98)58-115-53-65-33-13-3-14-34-65/h3-52,75-90,96-99,113H,53-62H2,1-2H3,(H,105,114)/t75-,76-,77-,78-,79-,80+,81-,82+,83-,84-,85+,86+,87+,88-,89-,90-,96+,97-,98+,99+/m1/s1. The molecule has 33 heteroatoms. The number of amides is 1. The third kappa shape index (κ3) is 27.9. The van der Waals surface area contributed by atoms with Crippen LogP contribution in [0.3, 0.4) is 0 Å². The van der Waals surface area contributed by atoms with Crippen molar-refractivity contribution in [1.82, 2.24) is 5.32 Å². The number of halogens is 3. The molecule has 14 rings (SSSR count). The van der Waals surface area contributed by atoms with E-state index in [0.29, 0.717) is 11.1 Å². The number of ether oxygens (including phenoxy) is 20. The molecular weight excluding hydrogens is 1800 g/mol. The molecule has 30 nitrogen and oxygen atoms in total. The summed E-state index contributed by atoms with van der Waals surface area (Å²) in [6, 6.07) is 82.1. The molecule has 0 aromatic heterocycles. The van der Waals surface area contributed by atoms with E-state index in [1.54, 1.807) is 84.9 Å². The molecule has 0 bridgehead atoms. The minimum Gasteiger partial charge on any atom is -0.459 e. The van der Waals surface area contributed by atoms with Crippen molar-refractivity contribution in [1.29, 1.82) is 0 Å². The van der Waals surface area contributed by atoms with Crippen LogP contribution < -0.4 is 5.32 Å². The van der Waals surface area contributed by atoms with Gasteiger partial charge in [0.15, 0.2) is 61.8 Å². The van der Waals surface area contributed by atoms with E-state index in [2.05, 4.69) is 5.32 Å². The van der Waals surface area contributed by atoms with Crippen molar-refractivity contribution in [2.24, 2.45) is 0 Å². The van der Waals surface area contributed by atoms with Gasteiger partial charge in [-0.1, -0.05) is 277 Å². The lowest BCUT2D eigenvalue weighted by Gasteiger charge is -2.50. The van der Waals surface area contributed by atoms with Gasteiger partial charge < -0.3 is 105 Å². The minimum absolute atomic E-state index is 0.0102. The first kappa shape index (κ1) is 98.1. The molecule has 20 atom stereocenters. The first-order chi connectivity index (χ1) is 65.1. The number of aliphatic hydroxyl groups excluding tert-OH is 1. The van der Waals surface area contributed by atoms with Crippen molar-refractivity contribution in [3.63, 3.8) is 0 Å². The first-order valence-corrected chi connectivity index (χ1v) is 44.3. The van der Waals surface area contributed by atoms with Gasteiger partial charge in [0.1, 0.15) is 74.2 Å². The van der Waals surface area contributed by atoms with Gasteiger partial charge in [-0.2, -0.15) is 0 Å². The Hall–Kier alpha value is -11.9. The van der Waals surface area contributed by atoms with Gasteiger partial charge >= 0.3 is 47.9 Å². The van der Waals surface area contributed by atoms with E-state index < -0.39 is 201 Å². The van der Waals surface area contributed by atoms with Crippen LogP contribution in [-0.4, -0.2) is 213 Å². The Morgan fingerprint density at radius 3 is 1.03 bits per heavy atom. The number of aliphatic hydroxyl groups is 1. The van der Waals surface area contributed by atoms with Gasteiger partial charge in [0.2, 0.25) is 3.79 Å². The number of hydrogen-bond acceptors (Lipinski definition) is 29. The van der Waals surface area contributed by atoms with Crippen molar-refractivity contribution >= 4 is 82.7 Å². The predicted molar refractivity (Wildman–Crippen MR) is 479 cm³/mol. The number of alkyl carbamates (subject to hydrolysis) is 1. The number of nitrogens with one attached hydrogen (secondary N) is 1. The molecule has 4 aliphatic heterocycles. The summed E-state index contributed by atoms with van der Waals surface area (Å²) in [6.45, 7) is -1.70. The van der Waals surface area contributed by atoms with Crippen molar-refractivity contribution in [3.05, 3.63) is 359 Å². The highest BCUT2D eigenvalue weighted by molar-refractivity contribution is 6.67. The molecule has 0 aliphatic carbocycles. The van der Waals surface area contributed by atoms with E-state index >= 15 is 24.0 Å². The number of benzene rings is 10. The largest absolute Gasteiger partial charge is 0.459 e. The van der Waals surface area contributed by atoms with Crippen LogP contribution >= 0.6 is 34.8 Å². The second-order valence-electron chi connectivity index (χ2n) is 31.4. The highest BCUT2D eigenvalue weighted by atomic mass is 35.6. The van der Waals surface area contributed by atoms with Crippen molar-refractivity contribution in [2.75, 3.05) is 33.0 Å². The molecule has 2 N–H and O–H groups in total. The van der Waals surface area contributed by atoms with Crippen molar-refractivity contribution < 1.29 is 138 Å². The fourth-order valence-electron chi connectivity index (χ4n) is 15.4. The fraction of sp³-hybridized carbons (Fsp3) is 0.327. The van der Waals surface area contributed by atoms with Crippen LogP contribution in [0, 0.1) is 0 Å². The summed E-state index contributed by atoms with van der Waals surface area (Å²) in [4.78, 5) is 118. The SMILES string of the molecule is CC(=O)O[C@@H]1[C@@H](OC(C)=O)[C@@H](O)O[C@H](COCc2ccccc2)[C@H]1O[C@@H]1O[C@H](CO[C@@H]2O[C@H](COC(=O)c3ccccc3)[C@@H](O[C@@H]3O[C@H](COCc4ccccc4)[C@H](OCc4ccccc4)[C@H](OCc4ccccc4)[C@H]3OCc3ccccc3)[C@H](OC(=O)c3ccccc3)[C@H]2NC(=O)OCC(Cl)(Cl)Cl)[C@H](OC(=O)c2ccccc2)[C@H](OC(=O)c2ccccc2)[C@H]1OC(=O)c1ccccc1. The summed E-state index contributed by atoms with van der Waals surface area (Å²) in [7, 11) is 0. The molecule has 1 amide bonds. The molecule has 4 fully saturated rings. The van der Waals surface area contributed by atoms with Gasteiger partial charge in [0.25, 0.3) is 0 Å². The second-order valence-corrected chi connectivity index (χ2v) is 33.9. The van der Waals surface area contributed by atoms with Gasteiger partial charge in [-0.15, -0.1) is 0 Å². The highest BCUT2D eigenvalue weighted by Gasteiger charge is 2.60. The van der Waals surface area contributed by atoms with Crippen LogP contribution in [0.2, 0.25) is 0 Å². The fourth-order valence-corrected chi connectivity index (χ4v) is 15.6. The third-order valence-electron chi connectivity index (χ3n) is 21.7. The average Bonchev–Trinajstić information content (AvgIpc) is 0.760. The van der Waals surface area contributed by atoms with Crippen LogP contribution in [0.15, 0.2) is 303 Å². The Kier molecular flexibility index (Phi) is 35.8. The van der Waals surface area contributed by atoms with Crippen LogP contribution in [0.5, 0.6) is 0 Å². The van der Waals surface area contributed by atoms with Crippen LogP contribution in [-0.2, 0) is 137 Å². The van der Waals surface area contributed by atoms with Crippen molar-refractivity contribution in [2.45, 2.75) is 173 Å². The minimum atomic E-state index is -2.28. The van der Waals surface area contributed by atoms with E-state index in [-0.39, 0.29) is 67.5 Å². The smallest absolute Gasteiger partial charge is 0.407 e. The molecule has 10 aromatic rings. The zero-order valence-electron chi connectivity index (χ0n) is 72.5. The number of alkyl halides is 3. The summed E-state index contributed by atoms with van der Waals surface area (Å²) < 4.78 is 132. The molecule has 10 aromatic carbocycles. The van der Waals surface area contributed by atoms with Crippen LogP contribution in [0.1, 0.15) is 93.5 Å². The van der Waals surface area contributed by atoms with Gasteiger partial charge in [-0.3, -0.25) is 9.59 Å². The van der Waals surface area contributed by atoms with E-state index in [4.69, 9.17) is 130 Å². The summed E-state index contributed by atoms with van der Waals surface area (Å²) in [5.41, 5.74) is 3.38. The Morgan fingerprint density at radius 1 is 0.299 bits per heavy atom. The quantitative estimate of drug-likeness (QED) is 0.0205. The Balaban J connectivity index is 0.933. The summed E-state index contributed by atoms with van der Waals surface area (Å²) in [6.07, 6.45) is -35.9.